The van der Waals surface area contributed by atoms with Gasteiger partial charge in [-0.1, -0.05) is 27.2 Å². The summed E-state index contributed by atoms with van der Waals surface area (Å²) in [5, 5.41) is 0. The number of carbonyl (C=O) groups is 1. The number of nitrogens with one attached hydrogen (secondary N) is 1. The Labute approximate surface area is 170 Å². The van der Waals surface area contributed by atoms with Crippen molar-refractivity contribution in [1.29, 1.82) is 0 Å². The standard InChI is InChI=1S/C23H28FNO4/c1-6-7-8-29-17-11-14-10-15(12(2)3)18-20(24)19(23(27)28-5)22(26)25-21(18)16(14)9-13(17)4/h9,11-12,15H,6-8,10H2,1-5H3,(H,25,26). The molecule has 0 amide bonds. The second-order valence-corrected chi connectivity index (χ2v) is 7.95. The van der Waals surface area contributed by atoms with Crippen LogP contribution in [0.5, 0.6) is 5.75 Å². The van der Waals surface area contributed by atoms with Gasteiger partial charge < -0.3 is 14.5 Å². The third-order valence-electron chi connectivity index (χ3n) is 5.62. The first-order valence-electron chi connectivity index (χ1n) is 10.1. The summed E-state index contributed by atoms with van der Waals surface area (Å²) in [4.78, 5) is 27.2. The van der Waals surface area contributed by atoms with E-state index in [9.17, 15) is 9.59 Å². The van der Waals surface area contributed by atoms with Crippen LogP contribution in [0.25, 0.3) is 11.3 Å². The lowest BCUT2D eigenvalue weighted by Crippen LogP contribution is -2.28. The summed E-state index contributed by atoms with van der Waals surface area (Å²) in [6.07, 6.45) is 2.63. The number of hydrogen-bond acceptors (Lipinski definition) is 4. The average molecular weight is 401 g/mol. The van der Waals surface area contributed by atoms with Gasteiger partial charge in [0.15, 0.2) is 5.56 Å². The highest BCUT2D eigenvalue weighted by Crippen LogP contribution is 2.44. The predicted octanol–water partition coefficient (Wildman–Crippen LogP) is 4.75. The fourth-order valence-electron chi connectivity index (χ4n) is 3.95. The summed E-state index contributed by atoms with van der Waals surface area (Å²) in [7, 11) is 1.14. The maximum Gasteiger partial charge on any atom is 0.346 e. The number of rotatable bonds is 6. The third-order valence-corrected chi connectivity index (χ3v) is 5.62. The molecule has 0 saturated carbocycles. The van der Waals surface area contributed by atoms with Crippen LogP contribution in [0.2, 0.25) is 0 Å². The van der Waals surface area contributed by atoms with Crippen LogP contribution in [-0.2, 0) is 11.2 Å². The Kier molecular flexibility index (Phi) is 6.10. The molecule has 1 aromatic heterocycles. The number of pyridine rings is 1. The fourth-order valence-corrected chi connectivity index (χ4v) is 3.95. The molecular weight excluding hydrogens is 373 g/mol. The van der Waals surface area contributed by atoms with E-state index in [1.54, 1.807) is 0 Å². The number of esters is 1. The SMILES string of the molecule is CCCCOc1cc2c(cc1C)-c1[nH]c(=O)c(C(=O)OC)c(F)c1C(C(C)C)C2. The minimum atomic E-state index is -0.962. The second kappa shape index (κ2) is 8.39. The summed E-state index contributed by atoms with van der Waals surface area (Å²) in [5.41, 5.74) is 2.21. The number of unbranched alkanes of at least 4 members (excludes halogenated alkanes) is 1. The normalized spacial score (nSPS) is 15.1. The van der Waals surface area contributed by atoms with Crippen LogP contribution in [0.15, 0.2) is 16.9 Å². The molecule has 6 heteroatoms. The van der Waals surface area contributed by atoms with E-state index in [2.05, 4.69) is 16.6 Å². The zero-order valence-electron chi connectivity index (χ0n) is 17.6. The van der Waals surface area contributed by atoms with Gasteiger partial charge in [-0.25, -0.2) is 9.18 Å². The fraction of sp³-hybridized carbons (Fsp3) is 0.478. The quantitative estimate of drug-likeness (QED) is 0.560. The van der Waals surface area contributed by atoms with E-state index in [1.807, 2.05) is 32.9 Å². The molecule has 1 aromatic carbocycles. The number of ether oxygens (including phenoxy) is 2. The molecule has 3 rings (SSSR count). The number of fused-ring (bicyclic) bond motifs is 3. The van der Waals surface area contributed by atoms with Crippen molar-refractivity contribution in [3.63, 3.8) is 0 Å². The lowest BCUT2D eigenvalue weighted by molar-refractivity contribution is 0.0592. The molecule has 1 N–H and O–H groups in total. The molecule has 29 heavy (non-hydrogen) atoms. The minimum Gasteiger partial charge on any atom is -0.493 e. The number of H-pyrrole nitrogens is 1. The zero-order chi connectivity index (χ0) is 21.3. The molecule has 0 bridgehead atoms. The number of aromatic amines is 1. The molecule has 0 radical (unpaired) electrons. The van der Waals surface area contributed by atoms with Gasteiger partial charge in [0.1, 0.15) is 11.6 Å². The Hall–Kier alpha value is -2.63. The minimum absolute atomic E-state index is 0.110. The van der Waals surface area contributed by atoms with Crippen LogP contribution in [0.3, 0.4) is 0 Å². The maximum absolute atomic E-state index is 15.4. The topological polar surface area (TPSA) is 68.4 Å². The largest absolute Gasteiger partial charge is 0.493 e. The van der Waals surface area contributed by atoms with Crippen molar-refractivity contribution in [1.82, 2.24) is 4.98 Å². The molecule has 0 aliphatic heterocycles. The number of aryl methyl sites for hydroxylation is 1. The molecular formula is C23H28FNO4. The van der Waals surface area contributed by atoms with Gasteiger partial charge in [0.2, 0.25) is 0 Å². The van der Waals surface area contributed by atoms with E-state index in [0.717, 1.165) is 42.4 Å². The summed E-state index contributed by atoms with van der Waals surface area (Å²) in [6.45, 7) is 8.71. The number of carbonyl (C=O) groups excluding carboxylic acids is 1. The summed E-state index contributed by atoms with van der Waals surface area (Å²) >= 11 is 0. The summed E-state index contributed by atoms with van der Waals surface area (Å²) < 4.78 is 25.9. The molecule has 5 nitrogen and oxygen atoms in total. The van der Waals surface area contributed by atoms with Crippen LogP contribution in [0, 0.1) is 18.7 Å². The van der Waals surface area contributed by atoms with Crippen molar-refractivity contribution in [3.8, 4) is 17.0 Å². The van der Waals surface area contributed by atoms with Crippen LogP contribution in [0.1, 0.15) is 66.6 Å². The van der Waals surface area contributed by atoms with Crippen molar-refractivity contribution in [2.75, 3.05) is 13.7 Å². The molecule has 1 aliphatic rings. The van der Waals surface area contributed by atoms with Gasteiger partial charge in [0, 0.05) is 11.1 Å². The van der Waals surface area contributed by atoms with E-state index in [4.69, 9.17) is 4.74 Å². The smallest absolute Gasteiger partial charge is 0.346 e. The number of aromatic nitrogens is 1. The van der Waals surface area contributed by atoms with Crippen LogP contribution >= 0.6 is 0 Å². The van der Waals surface area contributed by atoms with Crippen molar-refractivity contribution in [2.24, 2.45) is 5.92 Å². The molecule has 1 unspecified atom stereocenters. The first-order valence-corrected chi connectivity index (χ1v) is 10.1. The predicted molar refractivity (Wildman–Crippen MR) is 110 cm³/mol. The lowest BCUT2D eigenvalue weighted by atomic mass is 9.75. The Morgan fingerprint density at radius 3 is 2.69 bits per heavy atom. The van der Waals surface area contributed by atoms with E-state index in [0.29, 0.717) is 24.3 Å². The first kappa shape index (κ1) is 21.1. The lowest BCUT2D eigenvalue weighted by Gasteiger charge is -2.31. The highest BCUT2D eigenvalue weighted by atomic mass is 19.1. The van der Waals surface area contributed by atoms with Crippen LogP contribution in [0.4, 0.5) is 4.39 Å². The van der Waals surface area contributed by atoms with Crippen molar-refractivity contribution in [3.05, 3.63) is 50.6 Å². The van der Waals surface area contributed by atoms with Crippen molar-refractivity contribution < 1.29 is 18.7 Å². The van der Waals surface area contributed by atoms with Crippen LogP contribution in [-0.4, -0.2) is 24.7 Å². The highest BCUT2D eigenvalue weighted by molar-refractivity contribution is 5.90. The van der Waals surface area contributed by atoms with Crippen molar-refractivity contribution >= 4 is 5.97 Å². The Bertz CT molecular complexity index is 993. The number of hydrogen-bond donors (Lipinski definition) is 1. The third kappa shape index (κ3) is 3.80. The van der Waals surface area contributed by atoms with Gasteiger partial charge in [-0.2, -0.15) is 0 Å². The summed E-state index contributed by atoms with van der Waals surface area (Å²) in [6, 6.07) is 3.93. The van der Waals surface area contributed by atoms with Crippen molar-refractivity contribution in [2.45, 2.75) is 52.9 Å². The molecule has 2 aromatic rings. The molecule has 0 fully saturated rings. The van der Waals surface area contributed by atoms with E-state index >= 15 is 4.39 Å². The van der Waals surface area contributed by atoms with E-state index < -0.39 is 22.9 Å². The number of halogens is 1. The number of methoxy groups -OCH3 is 1. The Balaban J connectivity index is 2.20. The molecule has 0 saturated heterocycles. The maximum atomic E-state index is 15.4. The zero-order valence-corrected chi connectivity index (χ0v) is 17.6. The first-order chi connectivity index (χ1) is 13.8. The van der Waals surface area contributed by atoms with Gasteiger partial charge in [0.05, 0.1) is 19.4 Å². The van der Waals surface area contributed by atoms with Gasteiger partial charge in [-0.05, 0) is 54.9 Å². The van der Waals surface area contributed by atoms with Gasteiger partial charge in [-0.15, -0.1) is 0 Å². The van der Waals surface area contributed by atoms with Gasteiger partial charge >= 0.3 is 5.97 Å². The molecule has 1 heterocycles. The molecule has 156 valence electrons. The summed E-state index contributed by atoms with van der Waals surface area (Å²) in [5.74, 6) is -0.990. The second-order valence-electron chi connectivity index (χ2n) is 7.95. The van der Waals surface area contributed by atoms with Gasteiger partial charge in [0.25, 0.3) is 5.56 Å². The van der Waals surface area contributed by atoms with E-state index in [-0.39, 0.29) is 11.8 Å². The van der Waals surface area contributed by atoms with Gasteiger partial charge in [-0.3, -0.25) is 4.79 Å². The highest BCUT2D eigenvalue weighted by Gasteiger charge is 2.34. The monoisotopic (exact) mass is 401 g/mol. The Morgan fingerprint density at radius 2 is 2.07 bits per heavy atom. The Morgan fingerprint density at radius 1 is 1.34 bits per heavy atom. The molecule has 1 atom stereocenters. The molecule has 1 aliphatic carbocycles. The number of benzene rings is 1. The van der Waals surface area contributed by atoms with Crippen LogP contribution < -0.4 is 10.3 Å². The average Bonchev–Trinajstić information content (AvgIpc) is 2.67. The van der Waals surface area contributed by atoms with E-state index in [1.165, 1.54) is 0 Å². The molecule has 0 spiro atoms.